The molecule has 2 rings (SSSR count). The molecule has 2 aromatic rings. The summed E-state index contributed by atoms with van der Waals surface area (Å²) in [7, 11) is 0. The molecule has 1 heterocycles. The normalized spacial score (nSPS) is 10.2. The SMILES string of the molecule is CCOC(=O)c1ccnc2ccccc12. The van der Waals surface area contributed by atoms with Crippen LogP contribution in [0, 0.1) is 0 Å². The van der Waals surface area contributed by atoms with Crippen molar-refractivity contribution in [1.82, 2.24) is 4.98 Å². The molecule has 0 amide bonds. The predicted octanol–water partition coefficient (Wildman–Crippen LogP) is 2.41. The number of hydrogen-bond acceptors (Lipinski definition) is 3. The molecular weight excluding hydrogens is 190 g/mol. The van der Waals surface area contributed by atoms with Gasteiger partial charge in [-0.1, -0.05) is 18.2 Å². The zero-order valence-corrected chi connectivity index (χ0v) is 8.43. The quantitative estimate of drug-likeness (QED) is 0.700. The van der Waals surface area contributed by atoms with Crippen LogP contribution in [0.5, 0.6) is 0 Å². The second kappa shape index (κ2) is 4.09. The van der Waals surface area contributed by atoms with E-state index in [9.17, 15) is 4.79 Å². The molecule has 0 bridgehead atoms. The molecule has 3 nitrogen and oxygen atoms in total. The molecule has 0 spiro atoms. The Bertz CT molecular complexity index is 488. The van der Waals surface area contributed by atoms with E-state index in [1.165, 1.54) is 0 Å². The summed E-state index contributed by atoms with van der Waals surface area (Å²) < 4.78 is 4.97. The Kier molecular flexibility index (Phi) is 2.63. The summed E-state index contributed by atoms with van der Waals surface area (Å²) in [6.45, 7) is 2.18. The van der Waals surface area contributed by atoms with Gasteiger partial charge in [-0.25, -0.2) is 4.79 Å². The fourth-order valence-corrected chi connectivity index (χ4v) is 1.48. The number of carbonyl (C=O) groups is 1. The van der Waals surface area contributed by atoms with E-state index < -0.39 is 0 Å². The van der Waals surface area contributed by atoms with Crippen molar-refractivity contribution >= 4 is 16.9 Å². The van der Waals surface area contributed by atoms with Crippen molar-refractivity contribution in [3.05, 3.63) is 42.1 Å². The van der Waals surface area contributed by atoms with E-state index in [0.717, 1.165) is 10.9 Å². The minimum Gasteiger partial charge on any atom is -0.462 e. The Morgan fingerprint density at radius 2 is 2.13 bits per heavy atom. The number of pyridine rings is 1. The number of fused-ring (bicyclic) bond motifs is 1. The van der Waals surface area contributed by atoms with Gasteiger partial charge in [-0.3, -0.25) is 4.98 Å². The maximum Gasteiger partial charge on any atom is 0.338 e. The van der Waals surface area contributed by atoms with Gasteiger partial charge in [0.15, 0.2) is 0 Å². The fourth-order valence-electron chi connectivity index (χ4n) is 1.48. The lowest BCUT2D eigenvalue weighted by Crippen LogP contribution is -2.05. The lowest BCUT2D eigenvalue weighted by molar-refractivity contribution is 0.0528. The van der Waals surface area contributed by atoms with E-state index in [-0.39, 0.29) is 5.97 Å². The maximum absolute atomic E-state index is 11.6. The van der Waals surface area contributed by atoms with E-state index in [0.29, 0.717) is 12.2 Å². The van der Waals surface area contributed by atoms with Crippen LogP contribution in [0.15, 0.2) is 36.5 Å². The van der Waals surface area contributed by atoms with Gasteiger partial charge >= 0.3 is 5.97 Å². The lowest BCUT2D eigenvalue weighted by atomic mass is 10.1. The molecule has 0 N–H and O–H groups in total. The highest BCUT2D eigenvalue weighted by atomic mass is 16.5. The Morgan fingerprint density at radius 1 is 1.33 bits per heavy atom. The van der Waals surface area contributed by atoms with Gasteiger partial charge in [0.25, 0.3) is 0 Å². The van der Waals surface area contributed by atoms with Crippen LogP contribution >= 0.6 is 0 Å². The van der Waals surface area contributed by atoms with Crippen molar-refractivity contribution in [3.8, 4) is 0 Å². The number of hydrogen-bond donors (Lipinski definition) is 0. The Hall–Kier alpha value is -1.90. The predicted molar refractivity (Wildman–Crippen MR) is 57.7 cm³/mol. The highest BCUT2D eigenvalue weighted by molar-refractivity contribution is 6.03. The molecule has 0 atom stereocenters. The van der Waals surface area contributed by atoms with Gasteiger partial charge in [0.05, 0.1) is 17.7 Å². The van der Waals surface area contributed by atoms with Crippen molar-refractivity contribution in [2.24, 2.45) is 0 Å². The fraction of sp³-hybridized carbons (Fsp3) is 0.167. The Balaban J connectivity index is 2.56. The van der Waals surface area contributed by atoms with E-state index in [1.54, 1.807) is 19.2 Å². The largest absolute Gasteiger partial charge is 0.462 e. The van der Waals surface area contributed by atoms with Crippen LogP contribution in [-0.2, 0) is 4.74 Å². The summed E-state index contributed by atoms with van der Waals surface area (Å²) in [4.78, 5) is 15.8. The number of esters is 1. The summed E-state index contributed by atoms with van der Waals surface area (Å²) in [5, 5.41) is 0.832. The zero-order valence-electron chi connectivity index (χ0n) is 8.43. The summed E-state index contributed by atoms with van der Waals surface area (Å²) in [5.41, 5.74) is 1.38. The molecule has 0 fully saturated rings. The van der Waals surface area contributed by atoms with E-state index in [1.807, 2.05) is 24.3 Å². The first-order valence-electron chi connectivity index (χ1n) is 4.84. The summed E-state index contributed by atoms with van der Waals surface area (Å²) in [6.07, 6.45) is 1.62. The van der Waals surface area contributed by atoms with Crippen molar-refractivity contribution in [2.75, 3.05) is 6.61 Å². The summed E-state index contributed by atoms with van der Waals surface area (Å²) in [5.74, 6) is -0.295. The molecule has 0 aliphatic carbocycles. The van der Waals surface area contributed by atoms with Crippen LogP contribution in [0.1, 0.15) is 17.3 Å². The zero-order chi connectivity index (χ0) is 10.7. The molecule has 3 heteroatoms. The summed E-state index contributed by atoms with van der Waals surface area (Å²) in [6, 6.07) is 9.20. The molecule has 1 aromatic carbocycles. The number of ether oxygens (including phenoxy) is 1. The summed E-state index contributed by atoms with van der Waals surface area (Å²) >= 11 is 0. The first kappa shape index (κ1) is 9.65. The third-order valence-corrected chi connectivity index (χ3v) is 2.14. The number of rotatable bonds is 2. The highest BCUT2D eigenvalue weighted by Gasteiger charge is 2.10. The van der Waals surface area contributed by atoms with Crippen LogP contribution in [-0.4, -0.2) is 17.6 Å². The molecule has 15 heavy (non-hydrogen) atoms. The minimum atomic E-state index is -0.295. The first-order chi connectivity index (χ1) is 7.33. The molecule has 1 aromatic heterocycles. The Labute approximate surface area is 87.7 Å². The Morgan fingerprint density at radius 3 is 2.93 bits per heavy atom. The van der Waals surface area contributed by atoms with Crippen molar-refractivity contribution < 1.29 is 9.53 Å². The molecule has 0 unspecified atom stereocenters. The van der Waals surface area contributed by atoms with Gasteiger partial charge in [0, 0.05) is 11.6 Å². The number of nitrogens with zero attached hydrogens (tertiary/aromatic N) is 1. The molecule has 0 aliphatic rings. The molecular formula is C12H11NO2. The second-order valence-corrected chi connectivity index (χ2v) is 3.10. The third-order valence-electron chi connectivity index (χ3n) is 2.14. The van der Waals surface area contributed by atoms with E-state index >= 15 is 0 Å². The number of carbonyl (C=O) groups excluding carboxylic acids is 1. The average Bonchev–Trinajstić information content (AvgIpc) is 2.28. The molecule has 0 saturated heterocycles. The van der Waals surface area contributed by atoms with E-state index in [4.69, 9.17) is 4.74 Å². The van der Waals surface area contributed by atoms with Crippen LogP contribution in [0.25, 0.3) is 10.9 Å². The second-order valence-electron chi connectivity index (χ2n) is 3.10. The van der Waals surface area contributed by atoms with Crippen molar-refractivity contribution in [3.63, 3.8) is 0 Å². The smallest absolute Gasteiger partial charge is 0.338 e. The molecule has 0 aliphatic heterocycles. The first-order valence-corrected chi connectivity index (χ1v) is 4.84. The molecule has 76 valence electrons. The maximum atomic E-state index is 11.6. The van der Waals surface area contributed by atoms with Crippen LogP contribution < -0.4 is 0 Å². The van der Waals surface area contributed by atoms with Crippen LogP contribution in [0.3, 0.4) is 0 Å². The lowest BCUT2D eigenvalue weighted by Gasteiger charge is -2.04. The standard InChI is InChI=1S/C12H11NO2/c1-2-15-12(14)10-7-8-13-11-6-4-3-5-9(10)11/h3-8H,2H2,1H3. The van der Waals surface area contributed by atoms with Crippen LogP contribution in [0.4, 0.5) is 0 Å². The molecule has 0 radical (unpaired) electrons. The number of aromatic nitrogens is 1. The number of benzene rings is 1. The van der Waals surface area contributed by atoms with E-state index in [2.05, 4.69) is 4.98 Å². The van der Waals surface area contributed by atoms with Gasteiger partial charge in [-0.2, -0.15) is 0 Å². The molecule has 0 saturated carbocycles. The van der Waals surface area contributed by atoms with Crippen molar-refractivity contribution in [1.29, 1.82) is 0 Å². The van der Waals surface area contributed by atoms with Gasteiger partial charge < -0.3 is 4.74 Å². The van der Waals surface area contributed by atoms with Gasteiger partial charge in [-0.05, 0) is 19.1 Å². The highest BCUT2D eigenvalue weighted by Crippen LogP contribution is 2.16. The van der Waals surface area contributed by atoms with Crippen LogP contribution in [0.2, 0.25) is 0 Å². The minimum absolute atomic E-state index is 0.295. The average molecular weight is 201 g/mol. The third kappa shape index (κ3) is 1.81. The van der Waals surface area contributed by atoms with Gasteiger partial charge in [0.1, 0.15) is 0 Å². The number of para-hydroxylation sites is 1. The van der Waals surface area contributed by atoms with Gasteiger partial charge in [-0.15, -0.1) is 0 Å². The topological polar surface area (TPSA) is 39.2 Å². The monoisotopic (exact) mass is 201 g/mol. The van der Waals surface area contributed by atoms with Crippen molar-refractivity contribution in [2.45, 2.75) is 6.92 Å². The van der Waals surface area contributed by atoms with Gasteiger partial charge in [0.2, 0.25) is 0 Å².